The van der Waals surface area contributed by atoms with E-state index in [1.165, 1.54) is 0 Å². The molecule has 0 saturated heterocycles. The van der Waals surface area contributed by atoms with Gasteiger partial charge in [-0.1, -0.05) is 33.1 Å². The van der Waals surface area contributed by atoms with Crippen LogP contribution in [0.15, 0.2) is 24.3 Å². The number of carbonyl (C=O) groups excluding carboxylic acids is 1. The molecule has 0 spiro atoms. The van der Waals surface area contributed by atoms with Gasteiger partial charge in [0.15, 0.2) is 0 Å². The van der Waals surface area contributed by atoms with Gasteiger partial charge in [-0.3, -0.25) is 4.79 Å². The van der Waals surface area contributed by atoms with Gasteiger partial charge in [0.2, 0.25) is 0 Å². The molecule has 1 amide bonds. The number of hydrogen-bond acceptors (Lipinski definition) is 4. The lowest BCUT2D eigenvalue weighted by molar-refractivity contribution is -0.140. The zero-order valence-electron chi connectivity index (χ0n) is 17.8. The summed E-state index contributed by atoms with van der Waals surface area (Å²) in [4.78, 5) is 15.0. The molecule has 0 aliphatic heterocycles. The molecule has 0 bridgehead atoms. The van der Waals surface area contributed by atoms with E-state index < -0.39 is 5.60 Å². The maximum atomic E-state index is 12.8. The van der Waals surface area contributed by atoms with Crippen LogP contribution >= 0.6 is 0 Å². The average Bonchev–Trinajstić information content (AvgIpc) is 2.65. The number of hydrogen-bond donors (Lipinski definition) is 1. The lowest BCUT2D eigenvalue weighted by Crippen LogP contribution is -2.43. The smallest absolute Gasteiger partial charge is 0.256 e. The van der Waals surface area contributed by atoms with Crippen molar-refractivity contribution < 1.29 is 14.3 Å². The van der Waals surface area contributed by atoms with Crippen LogP contribution in [0.5, 0.6) is 5.75 Å². The first-order valence-corrected chi connectivity index (χ1v) is 10.2. The van der Waals surface area contributed by atoms with Crippen LogP contribution in [-0.4, -0.2) is 50.3 Å². The first-order valence-electron chi connectivity index (χ1n) is 10.2. The molecule has 0 aromatic heterocycles. The second kappa shape index (κ2) is 12.7. The van der Waals surface area contributed by atoms with Crippen LogP contribution in [0.4, 0.5) is 5.69 Å². The molecular formula is C22H38N2O3. The third-order valence-electron chi connectivity index (χ3n) is 4.49. The van der Waals surface area contributed by atoms with Gasteiger partial charge in [-0.2, -0.15) is 0 Å². The van der Waals surface area contributed by atoms with Crippen LogP contribution in [0.3, 0.4) is 0 Å². The van der Waals surface area contributed by atoms with Crippen molar-refractivity contribution in [2.75, 3.05) is 39.2 Å². The van der Waals surface area contributed by atoms with E-state index >= 15 is 0 Å². The van der Waals surface area contributed by atoms with Crippen molar-refractivity contribution in [2.45, 2.75) is 64.9 Å². The van der Waals surface area contributed by atoms with E-state index in [1.54, 1.807) is 0 Å². The number of benzene rings is 1. The largest absolute Gasteiger partial charge is 0.494 e. The number of carbonyl (C=O) groups is 1. The lowest BCUT2D eigenvalue weighted by atomic mass is 9.96. The van der Waals surface area contributed by atoms with Gasteiger partial charge < -0.3 is 19.7 Å². The van der Waals surface area contributed by atoms with Gasteiger partial charge in [-0.25, -0.2) is 0 Å². The summed E-state index contributed by atoms with van der Waals surface area (Å²) in [5, 5.41) is 3.00. The summed E-state index contributed by atoms with van der Waals surface area (Å²) in [6.07, 6.45) is 5.84. The number of unbranched alkanes of at least 4 members (excludes halogenated alkanes) is 2. The Hall–Kier alpha value is -1.59. The molecule has 0 radical (unpaired) electrons. The summed E-state index contributed by atoms with van der Waals surface area (Å²) in [5.74, 6) is 0.742. The van der Waals surface area contributed by atoms with Crippen LogP contribution in [0, 0.1) is 0 Å². The molecular weight excluding hydrogens is 340 g/mol. The highest BCUT2D eigenvalue weighted by Crippen LogP contribution is 2.23. The van der Waals surface area contributed by atoms with Gasteiger partial charge in [0.1, 0.15) is 11.4 Å². The molecule has 0 aliphatic rings. The van der Waals surface area contributed by atoms with E-state index in [2.05, 4.69) is 38.2 Å². The van der Waals surface area contributed by atoms with Crippen molar-refractivity contribution in [1.29, 1.82) is 0 Å². The number of nitrogens with zero attached hydrogens (tertiary/aromatic N) is 1. The van der Waals surface area contributed by atoms with E-state index in [-0.39, 0.29) is 5.91 Å². The van der Waals surface area contributed by atoms with Gasteiger partial charge in [-0.05, 0) is 64.5 Å². The average molecular weight is 379 g/mol. The molecule has 0 fully saturated rings. The Bertz CT molecular complexity index is 531. The Morgan fingerprint density at radius 3 is 2.33 bits per heavy atom. The third-order valence-corrected chi connectivity index (χ3v) is 4.49. The zero-order valence-corrected chi connectivity index (χ0v) is 17.8. The monoisotopic (exact) mass is 378 g/mol. The van der Waals surface area contributed by atoms with Crippen LogP contribution in [0.2, 0.25) is 0 Å². The summed E-state index contributed by atoms with van der Waals surface area (Å²) in [6.45, 7) is 8.40. The molecule has 1 aromatic carbocycles. The van der Waals surface area contributed by atoms with Crippen LogP contribution < -0.4 is 10.1 Å². The molecule has 27 heavy (non-hydrogen) atoms. The molecule has 1 aromatic rings. The summed E-state index contributed by atoms with van der Waals surface area (Å²) in [7, 11) is 4.11. The van der Waals surface area contributed by atoms with Gasteiger partial charge in [-0.15, -0.1) is 0 Å². The maximum Gasteiger partial charge on any atom is 0.256 e. The molecule has 154 valence electrons. The fourth-order valence-corrected chi connectivity index (χ4v) is 2.76. The molecule has 1 atom stereocenters. The summed E-state index contributed by atoms with van der Waals surface area (Å²) >= 11 is 0. The van der Waals surface area contributed by atoms with Crippen LogP contribution in [-0.2, 0) is 9.53 Å². The Kier molecular flexibility index (Phi) is 11.1. The predicted molar refractivity (Wildman–Crippen MR) is 113 cm³/mol. The highest BCUT2D eigenvalue weighted by Gasteiger charge is 2.33. The molecule has 0 aliphatic carbocycles. The minimum atomic E-state index is -0.785. The molecule has 1 unspecified atom stereocenters. The number of anilines is 1. The van der Waals surface area contributed by atoms with Crippen molar-refractivity contribution >= 4 is 11.6 Å². The summed E-state index contributed by atoms with van der Waals surface area (Å²) in [6, 6.07) is 7.55. The second-order valence-corrected chi connectivity index (χ2v) is 7.52. The third kappa shape index (κ3) is 9.25. The maximum absolute atomic E-state index is 12.8. The second-order valence-electron chi connectivity index (χ2n) is 7.52. The minimum Gasteiger partial charge on any atom is -0.494 e. The lowest BCUT2D eigenvalue weighted by Gasteiger charge is -2.28. The first-order chi connectivity index (χ1) is 12.9. The number of rotatable bonds is 14. The number of ether oxygens (including phenoxy) is 2. The summed E-state index contributed by atoms with van der Waals surface area (Å²) in [5.41, 5.74) is -0.0190. The van der Waals surface area contributed by atoms with Crippen molar-refractivity contribution in [3.8, 4) is 5.75 Å². The van der Waals surface area contributed by atoms with Crippen molar-refractivity contribution in [3.63, 3.8) is 0 Å². The Morgan fingerprint density at radius 1 is 1.04 bits per heavy atom. The molecule has 1 N–H and O–H groups in total. The van der Waals surface area contributed by atoms with Gasteiger partial charge >= 0.3 is 0 Å². The fraction of sp³-hybridized carbons (Fsp3) is 0.682. The quantitative estimate of drug-likeness (QED) is 0.476. The predicted octanol–water partition coefficient (Wildman–Crippen LogP) is 4.72. The van der Waals surface area contributed by atoms with Gasteiger partial charge in [0.25, 0.3) is 5.91 Å². The van der Waals surface area contributed by atoms with E-state index in [4.69, 9.17) is 9.47 Å². The molecule has 5 nitrogen and oxygen atoms in total. The zero-order chi connectivity index (χ0) is 20.1. The van der Waals surface area contributed by atoms with Crippen molar-refractivity contribution in [1.82, 2.24) is 4.90 Å². The van der Waals surface area contributed by atoms with Crippen molar-refractivity contribution in [2.24, 2.45) is 0 Å². The van der Waals surface area contributed by atoms with Gasteiger partial charge in [0.05, 0.1) is 6.61 Å². The molecule has 5 heteroatoms. The topological polar surface area (TPSA) is 50.8 Å². The highest BCUT2D eigenvalue weighted by atomic mass is 16.5. The highest BCUT2D eigenvalue weighted by molar-refractivity contribution is 5.97. The SMILES string of the molecule is CCCCCC(C)(OCCC)C(=O)Nc1ccc(OCCCN(C)C)cc1. The minimum absolute atomic E-state index is 0.0771. The Balaban J connectivity index is 2.58. The summed E-state index contributed by atoms with van der Waals surface area (Å²) < 4.78 is 11.7. The molecule has 1 rings (SSSR count). The molecule has 0 heterocycles. The van der Waals surface area contributed by atoms with Crippen molar-refractivity contribution in [3.05, 3.63) is 24.3 Å². The van der Waals surface area contributed by atoms with E-state index in [1.807, 2.05) is 31.2 Å². The molecule has 0 saturated carbocycles. The Labute approximate surface area is 165 Å². The standard InChI is InChI=1S/C22H38N2O3/c1-6-8-9-15-22(3,27-17-7-2)21(25)23-19-11-13-20(14-12-19)26-18-10-16-24(4)5/h11-14H,6-10,15-18H2,1-5H3,(H,23,25). The number of nitrogens with one attached hydrogen (secondary N) is 1. The van der Waals surface area contributed by atoms with Crippen LogP contribution in [0.25, 0.3) is 0 Å². The van der Waals surface area contributed by atoms with Gasteiger partial charge in [0, 0.05) is 18.8 Å². The van der Waals surface area contributed by atoms with E-state index in [0.717, 1.165) is 56.5 Å². The van der Waals surface area contributed by atoms with Crippen LogP contribution in [0.1, 0.15) is 59.3 Å². The first kappa shape index (κ1) is 23.4. The Morgan fingerprint density at radius 2 is 1.74 bits per heavy atom. The number of amides is 1. The normalized spacial score (nSPS) is 13.4. The van der Waals surface area contributed by atoms with E-state index in [9.17, 15) is 4.79 Å². The fourth-order valence-electron chi connectivity index (χ4n) is 2.76. The van der Waals surface area contributed by atoms with E-state index in [0.29, 0.717) is 13.2 Å².